The van der Waals surface area contributed by atoms with Gasteiger partial charge in [0.25, 0.3) is 0 Å². The Kier molecular flexibility index (Phi) is 15.4. The van der Waals surface area contributed by atoms with Crippen molar-refractivity contribution in [3.8, 4) is 5.75 Å². The first kappa shape index (κ1) is 49.5. The lowest BCUT2D eigenvalue weighted by molar-refractivity contribution is -0.195. The third-order valence-electron chi connectivity index (χ3n) is 14.9. The maximum atomic E-state index is 16.1. The monoisotopic (exact) mass is 955 g/mol. The minimum atomic E-state index is -1.66. The van der Waals surface area contributed by atoms with Crippen LogP contribution in [0, 0.1) is 34.4 Å². The second-order valence-electron chi connectivity index (χ2n) is 18.6. The van der Waals surface area contributed by atoms with Crippen molar-refractivity contribution < 1.29 is 62.0 Å². The van der Waals surface area contributed by atoms with E-state index in [1.165, 1.54) is 23.9 Å². The zero-order chi connectivity index (χ0) is 47.6. The number of thioether (sulfide) groups is 2. The quantitative estimate of drug-likeness (QED) is 0.111. The molecule has 0 aromatic heterocycles. The van der Waals surface area contributed by atoms with Gasteiger partial charge in [-0.15, -0.1) is 11.8 Å². The number of carbonyl (C=O) groups excluding carboxylic acids is 5. The number of hydrogen-bond donors (Lipinski definition) is 5. The van der Waals surface area contributed by atoms with Crippen LogP contribution >= 0.6 is 23.5 Å². The third-order valence-corrected chi connectivity index (χ3v) is 16.7. The number of alkyl halides is 1. The van der Waals surface area contributed by atoms with Gasteiger partial charge in [-0.2, -0.15) is 0 Å². The summed E-state index contributed by atoms with van der Waals surface area (Å²) in [6.07, 6.45) is 8.63. The highest BCUT2D eigenvalue weighted by Gasteiger charge is 2.76. The Bertz CT molecular complexity index is 2200. The zero-order valence-corrected chi connectivity index (χ0v) is 39.0. The Morgan fingerprint density at radius 1 is 1.09 bits per heavy atom. The molecule has 1 aliphatic heterocycles. The minimum Gasteiger partial charge on any atom is -0.490 e. The molecule has 7 rings (SSSR count). The maximum Gasteiger partial charge on any atom is 0.303 e. The van der Waals surface area contributed by atoms with Gasteiger partial charge >= 0.3 is 5.97 Å². The maximum absolute atomic E-state index is 16.1. The molecule has 5 fully saturated rings. The lowest BCUT2D eigenvalue weighted by atomic mass is 9.46. The molecule has 10 atom stereocenters. The van der Waals surface area contributed by atoms with Gasteiger partial charge in [-0.1, -0.05) is 56.0 Å². The number of ketones is 1. The highest BCUT2D eigenvalue weighted by molar-refractivity contribution is 8.13. The van der Waals surface area contributed by atoms with E-state index in [0.29, 0.717) is 56.7 Å². The molecule has 1 aromatic rings. The van der Waals surface area contributed by atoms with Gasteiger partial charge in [0.15, 0.2) is 17.7 Å². The number of ether oxygens (including phenoxy) is 3. The summed E-state index contributed by atoms with van der Waals surface area (Å²) in [5.74, 6) is -3.57. The van der Waals surface area contributed by atoms with Crippen LogP contribution in [0.5, 0.6) is 5.75 Å². The van der Waals surface area contributed by atoms with E-state index in [0.717, 1.165) is 10.5 Å². The summed E-state index contributed by atoms with van der Waals surface area (Å²) in [5.41, 5.74) is -2.12. The van der Waals surface area contributed by atoms with Gasteiger partial charge in [0, 0.05) is 45.7 Å². The van der Waals surface area contributed by atoms with Crippen LogP contribution in [0.15, 0.2) is 65.6 Å². The second kappa shape index (κ2) is 20.5. The molecular weight excluding hydrogens is 897 g/mol. The molecule has 0 spiro atoms. The summed E-state index contributed by atoms with van der Waals surface area (Å²) in [7, 11) is 0. The van der Waals surface area contributed by atoms with Crippen molar-refractivity contribution in [3.63, 3.8) is 0 Å². The van der Waals surface area contributed by atoms with Crippen LogP contribution in [0.3, 0.4) is 0 Å². The predicted octanol–water partition coefficient (Wildman–Crippen LogP) is 6.15. The minimum absolute atomic E-state index is 0.0422. The molecule has 18 heteroatoms. The van der Waals surface area contributed by atoms with Crippen LogP contribution in [-0.2, 0) is 38.2 Å². The summed E-state index contributed by atoms with van der Waals surface area (Å²) in [5, 5.41) is 28.6. The molecule has 5 N–H and O–H groups in total. The highest BCUT2D eigenvalue weighted by Crippen LogP contribution is 2.71. The van der Waals surface area contributed by atoms with Crippen molar-refractivity contribution in [2.75, 3.05) is 18.3 Å². The molecule has 5 aliphatic carbocycles. The van der Waals surface area contributed by atoms with Crippen molar-refractivity contribution in [2.24, 2.45) is 28.6 Å². The Hall–Kier alpha value is -4.36. The Labute approximate surface area is 391 Å². The second-order valence-corrected chi connectivity index (χ2v) is 20.5. The first-order chi connectivity index (χ1) is 31.5. The summed E-state index contributed by atoms with van der Waals surface area (Å²) < 4.78 is 49.3. The summed E-state index contributed by atoms with van der Waals surface area (Å²) in [6.45, 7) is 9.05. The molecule has 0 radical (unpaired) electrons. The molecular formula is C48H59F2N3O11S2. The Balaban J connectivity index is 0.947. The summed E-state index contributed by atoms with van der Waals surface area (Å²) in [4.78, 5) is 76.7. The van der Waals surface area contributed by atoms with Crippen LogP contribution in [0.1, 0.15) is 96.8 Å². The summed E-state index contributed by atoms with van der Waals surface area (Å²) in [6, 6.07) is 1.87. The number of rotatable bonds is 17. The van der Waals surface area contributed by atoms with Gasteiger partial charge in [0.05, 0.1) is 30.6 Å². The van der Waals surface area contributed by atoms with E-state index in [1.807, 2.05) is 19.9 Å². The van der Waals surface area contributed by atoms with Crippen molar-refractivity contribution in [3.05, 3.63) is 77.0 Å². The molecule has 1 heterocycles. The first-order valence-electron chi connectivity index (χ1n) is 22.6. The number of aliphatic carboxylic acids is 1. The van der Waals surface area contributed by atoms with E-state index in [2.05, 4.69) is 29.5 Å². The Morgan fingerprint density at radius 2 is 1.85 bits per heavy atom. The predicted molar refractivity (Wildman–Crippen MR) is 243 cm³/mol. The SMILES string of the molecule is C=C/C(=C\C)SCC(=O)NCC(=O)N[C@@H](CCC(=O)O)C(=O)NC1CCC(Oc2ccc([C@@H]3O[C@@H]4C[C@H]5[C@@H]6CCC7=CC(=O)C=C[C@]7(C)[C@H]6[C@@H](O)C[C@]5(C)[C@]4(C(=O)SCF)O3)c(F)c2)CC1. The molecule has 1 aromatic carbocycles. The van der Waals surface area contributed by atoms with Crippen LogP contribution in [0.2, 0.25) is 0 Å². The van der Waals surface area contributed by atoms with Gasteiger partial charge in [0.1, 0.15) is 23.6 Å². The number of carbonyl (C=O) groups is 6. The molecule has 358 valence electrons. The summed E-state index contributed by atoms with van der Waals surface area (Å²) >= 11 is 1.75. The number of nitrogens with one attached hydrogen (secondary N) is 3. The van der Waals surface area contributed by atoms with Crippen molar-refractivity contribution in [1.82, 2.24) is 16.0 Å². The fourth-order valence-corrected chi connectivity index (χ4v) is 13.1. The van der Waals surface area contributed by atoms with Crippen LogP contribution in [0.4, 0.5) is 8.78 Å². The lowest BCUT2D eigenvalue weighted by Crippen LogP contribution is -2.62. The molecule has 4 saturated carbocycles. The molecule has 1 saturated heterocycles. The average molecular weight is 956 g/mol. The van der Waals surface area contributed by atoms with Gasteiger partial charge in [0.2, 0.25) is 22.8 Å². The van der Waals surface area contributed by atoms with Crippen LogP contribution < -0.4 is 20.7 Å². The molecule has 0 unspecified atom stereocenters. The van der Waals surface area contributed by atoms with E-state index >= 15 is 4.39 Å². The topological polar surface area (TPSA) is 207 Å². The zero-order valence-electron chi connectivity index (χ0n) is 37.4. The standard InChI is InChI=1S/C48H59F2N3O11S2/c1-5-31(6-2)65-24-40(57)51-23-39(56)53-36(15-16-41(58)59)43(60)52-27-8-10-29(11-9-27)62-30-12-14-33(35(50)20-30)44-63-38-21-34-32-13-7-26-19-28(54)17-18-46(26,3)42(32)37(55)22-47(34,4)48(38,64-44)45(61)66-25-49/h5-6,12,14,17-20,27,29,32,34,36-38,42,44,55H,1,7-11,13,15-16,21-25H2,2-4H3,(H,51,57)(H,52,60)(H,53,56)(H,58,59)/b31-6+/t27?,29?,32-,34-,36-,37-,38+,42+,44+,46-,47-,48-/m0/s1. The lowest BCUT2D eigenvalue weighted by Gasteiger charge is -2.59. The Morgan fingerprint density at radius 3 is 2.53 bits per heavy atom. The number of benzene rings is 1. The van der Waals surface area contributed by atoms with Gasteiger partial charge in [-0.05, 0) is 101 Å². The largest absolute Gasteiger partial charge is 0.490 e. The third kappa shape index (κ3) is 9.80. The first-order valence-corrected chi connectivity index (χ1v) is 24.6. The van der Waals surface area contributed by atoms with Gasteiger partial charge in [-0.25, -0.2) is 8.78 Å². The van der Waals surface area contributed by atoms with E-state index in [-0.39, 0.29) is 72.0 Å². The van der Waals surface area contributed by atoms with Gasteiger partial charge in [-0.3, -0.25) is 28.8 Å². The molecule has 3 amide bonds. The van der Waals surface area contributed by atoms with Crippen molar-refractivity contribution in [1.29, 1.82) is 0 Å². The molecule has 6 aliphatic rings. The van der Waals surface area contributed by atoms with Crippen molar-refractivity contribution in [2.45, 2.75) is 127 Å². The van der Waals surface area contributed by atoms with Crippen LogP contribution in [0.25, 0.3) is 0 Å². The highest BCUT2D eigenvalue weighted by atomic mass is 32.2. The van der Waals surface area contributed by atoms with E-state index < -0.39 is 88.1 Å². The number of allylic oxidation sites excluding steroid dienone is 6. The number of hydrogen-bond acceptors (Lipinski definition) is 12. The van der Waals surface area contributed by atoms with E-state index in [9.17, 15) is 43.4 Å². The van der Waals surface area contributed by atoms with E-state index in [4.69, 9.17) is 14.2 Å². The van der Waals surface area contributed by atoms with Gasteiger partial charge < -0.3 is 40.4 Å². The number of amides is 3. The number of halogens is 2. The number of aliphatic hydroxyl groups is 1. The number of carboxylic acids is 1. The smallest absolute Gasteiger partial charge is 0.303 e. The van der Waals surface area contributed by atoms with Crippen molar-refractivity contribution >= 4 is 58.1 Å². The molecule has 66 heavy (non-hydrogen) atoms. The molecule has 14 nitrogen and oxygen atoms in total. The molecule has 0 bridgehead atoms. The normalized spacial score (nSPS) is 33.8. The number of aliphatic hydroxyl groups excluding tert-OH is 1. The number of fused-ring (bicyclic) bond motifs is 7. The fourth-order valence-electron chi connectivity index (χ4n) is 11.7. The fraction of sp³-hybridized carbons (Fsp3) is 0.583. The average Bonchev–Trinajstić information content (AvgIpc) is 3.78. The van der Waals surface area contributed by atoms with Crippen LogP contribution in [-0.4, -0.2) is 99.1 Å². The number of carboxylic acid groups (broad SMARTS) is 1. The van der Waals surface area contributed by atoms with E-state index in [1.54, 1.807) is 30.4 Å².